The number of thiazole rings is 1. The third kappa shape index (κ3) is 4.85. The van der Waals surface area contributed by atoms with Crippen LogP contribution in [0.4, 0.5) is 13.2 Å². The first kappa shape index (κ1) is 20.0. The highest BCUT2D eigenvalue weighted by Gasteiger charge is 2.11. The summed E-state index contributed by atoms with van der Waals surface area (Å²) in [5.74, 6) is -2.50. The molecule has 138 valence electrons. The summed E-state index contributed by atoms with van der Waals surface area (Å²) >= 11 is 1.54. The molecule has 0 fully saturated rings. The van der Waals surface area contributed by atoms with Crippen molar-refractivity contribution in [3.8, 4) is 16.9 Å². The fourth-order valence-electron chi connectivity index (χ4n) is 2.20. The molecule has 0 spiro atoms. The standard InChI is InChI=1S/C18H14F3NOS.C2H6/c1-2-12-10-24-18(22-12)9-23-13-5-3-11(4-6-13)14-7-16(20)17(21)8-15(14)19;1-2/h3-8,10H,2,9H2,1H3;1-2H3. The summed E-state index contributed by atoms with van der Waals surface area (Å²) in [6, 6.07) is 7.91. The molecule has 0 N–H and O–H groups in total. The van der Waals surface area contributed by atoms with Gasteiger partial charge in [0.25, 0.3) is 0 Å². The van der Waals surface area contributed by atoms with Crippen LogP contribution in [-0.4, -0.2) is 4.98 Å². The van der Waals surface area contributed by atoms with Gasteiger partial charge >= 0.3 is 0 Å². The van der Waals surface area contributed by atoms with Crippen LogP contribution in [0.25, 0.3) is 11.1 Å². The van der Waals surface area contributed by atoms with E-state index in [0.717, 1.165) is 23.2 Å². The number of benzene rings is 2. The van der Waals surface area contributed by atoms with Crippen LogP contribution in [0, 0.1) is 17.5 Å². The van der Waals surface area contributed by atoms with Crippen LogP contribution in [0.1, 0.15) is 31.5 Å². The first-order chi connectivity index (χ1) is 12.6. The Morgan fingerprint density at radius 1 is 0.962 bits per heavy atom. The Bertz CT molecular complexity index is 847. The quantitative estimate of drug-likeness (QED) is 0.479. The number of ether oxygens (including phenoxy) is 1. The molecule has 0 saturated carbocycles. The first-order valence-corrected chi connectivity index (χ1v) is 9.26. The number of rotatable bonds is 5. The van der Waals surface area contributed by atoms with E-state index in [1.807, 2.05) is 26.2 Å². The van der Waals surface area contributed by atoms with E-state index in [-0.39, 0.29) is 5.56 Å². The SMILES string of the molecule is CC.CCc1csc(COc2ccc(-c3cc(F)c(F)cc3F)cc2)n1. The molecule has 1 aromatic heterocycles. The molecule has 0 bridgehead atoms. The van der Waals surface area contributed by atoms with Gasteiger partial charge in [0, 0.05) is 17.0 Å². The number of aryl methyl sites for hydroxylation is 1. The highest BCUT2D eigenvalue weighted by molar-refractivity contribution is 7.09. The monoisotopic (exact) mass is 379 g/mol. The van der Waals surface area contributed by atoms with Crippen molar-refractivity contribution < 1.29 is 17.9 Å². The molecule has 1 heterocycles. The van der Waals surface area contributed by atoms with Gasteiger partial charge in [-0.2, -0.15) is 0 Å². The summed E-state index contributed by atoms with van der Waals surface area (Å²) < 4.78 is 45.7. The van der Waals surface area contributed by atoms with E-state index in [4.69, 9.17) is 4.74 Å². The maximum absolute atomic E-state index is 13.8. The predicted molar refractivity (Wildman–Crippen MR) is 98.9 cm³/mol. The van der Waals surface area contributed by atoms with Gasteiger partial charge in [-0.3, -0.25) is 0 Å². The first-order valence-electron chi connectivity index (χ1n) is 8.38. The highest BCUT2D eigenvalue weighted by atomic mass is 32.1. The van der Waals surface area contributed by atoms with Crippen molar-refractivity contribution in [2.45, 2.75) is 33.8 Å². The summed E-state index contributed by atoms with van der Waals surface area (Å²) in [6.45, 7) is 6.39. The number of hydrogen-bond donors (Lipinski definition) is 0. The van der Waals surface area contributed by atoms with Gasteiger partial charge in [0.15, 0.2) is 11.6 Å². The van der Waals surface area contributed by atoms with Crippen LogP contribution in [0.2, 0.25) is 0 Å². The Kier molecular flexibility index (Phi) is 7.21. The van der Waals surface area contributed by atoms with E-state index in [1.165, 1.54) is 11.3 Å². The van der Waals surface area contributed by atoms with Crippen molar-refractivity contribution in [3.63, 3.8) is 0 Å². The number of halogens is 3. The van der Waals surface area contributed by atoms with Gasteiger partial charge in [0.2, 0.25) is 0 Å². The Morgan fingerprint density at radius 2 is 1.62 bits per heavy atom. The molecule has 0 saturated heterocycles. The molecule has 2 aromatic carbocycles. The highest BCUT2D eigenvalue weighted by Crippen LogP contribution is 2.27. The normalized spacial score (nSPS) is 10.2. The lowest BCUT2D eigenvalue weighted by Crippen LogP contribution is -1.95. The molecule has 2 nitrogen and oxygen atoms in total. The summed E-state index contributed by atoms with van der Waals surface area (Å²) in [7, 11) is 0. The van der Waals surface area contributed by atoms with Crippen LogP contribution in [0.15, 0.2) is 41.8 Å². The lowest BCUT2D eigenvalue weighted by Gasteiger charge is -2.07. The fourth-order valence-corrected chi connectivity index (χ4v) is 2.99. The minimum Gasteiger partial charge on any atom is -0.486 e. The van der Waals surface area contributed by atoms with Crippen LogP contribution in [0.3, 0.4) is 0 Å². The summed E-state index contributed by atoms with van der Waals surface area (Å²) in [6.07, 6.45) is 0.880. The van der Waals surface area contributed by atoms with E-state index in [9.17, 15) is 13.2 Å². The van der Waals surface area contributed by atoms with Gasteiger partial charge in [-0.05, 0) is 30.2 Å². The van der Waals surface area contributed by atoms with Crippen molar-refractivity contribution in [2.75, 3.05) is 0 Å². The maximum Gasteiger partial charge on any atom is 0.161 e. The molecule has 0 aliphatic carbocycles. The molecule has 0 aliphatic rings. The summed E-state index contributed by atoms with van der Waals surface area (Å²) in [5, 5.41) is 2.87. The Morgan fingerprint density at radius 3 is 2.23 bits per heavy atom. The van der Waals surface area contributed by atoms with Gasteiger partial charge in [-0.15, -0.1) is 11.3 Å². The molecule has 0 aliphatic heterocycles. The second-order valence-electron chi connectivity index (χ2n) is 5.15. The van der Waals surface area contributed by atoms with Crippen LogP contribution in [-0.2, 0) is 13.0 Å². The predicted octanol–water partition coefficient (Wildman–Crippen LogP) is 6.40. The molecule has 3 rings (SSSR count). The van der Waals surface area contributed by atoms with Crippen molar-refractivity contribution in [1.29, 1.82) is 0 Å². The lowest BCUT2D eigenvalue weighted by molar-refractivity contribution is 0.305. The second-order valence-corrected chi connectivity index (χ2v) is 6.09. The molecular formula is C20H20F3NOS. The van der Waals surface area contributed by atoms with E-state index < -0.39 is 17.5 Å². The van der Waals surface area contributed by atoms with Crippen LogP contribution < -0.4 is 4.74 Å². The maximum atomic E-state index is 13.8. The largest absolute Gasteiger partial charge is 0.486 e. The summed E-state index contributed by atoms with van der Waals surface area (Å²) in [4.78, 5) is 4.41. The molecule has 0 atom stereocenters. The Hall–Kier alpha value is -2.34. The number of nitrogens with zero attached hydrogens (tertiary/aromatic N) is 1. The minimum atomic E-state index is -1.20. The average Bonchev–Trinajstić information content (AvgIpc) is 3.13. The zero-order valence-electron chi connectivity index (χ0n) is 14.9. The second kappa shape index (κ2) is 9.38. The molecule has 0 amide bonds. The molecule has 0 unspecified atom stereocenters. The zero-order chi connectivity index (χ0) is 19.1. The fraction of sp³-hybridized carbons (Fsp3) is 0.250. The van der Waals surface area contributed by atoms with Crippen LogP contribution in [0.5, 0.6) is 5.75 Å². The van der Waals surface area contributed by atoms with Gasteiger partial charge in [0.1, 0.15) is 23.2 Å². The van der Waals surface area contributed by atoms with Gasteiger partial charge in [-0.25, -0.2) is 18.2 Å². The van der Waals surface area contributed by atoms with Crippen molar-refractivity contribution in [3.05, 3.63) is 69.9 Å². The molecule has 26 heavy (non-hydrogen) atoms. The molecular weight excluding hydrogens is 359 g/mol. The number of hydrogen-bond acceptors (Lipinski definition) is 3. The lowest BCUT2D eigenvalue weighted by atomic mass is 10.0. The minimum absolute atomic E-state index is 0.00737. The van der Waals surface area contributed by atoms with E-state index in [0.29, 0.717) is 24.0 Å². The van der Waals surface area contributed by atoms with E-state index in [1.54, 1.807) is 24.3 Å². The zero-order valence-corrected chi connectivity index (χ0v) is 15.7. The van der Waals surface area contributed by atoms with Gasteiger partial charge in [-0.1, -0.05) is 32.9 Å². The van der Waals surface area contributed by atoms with Crippen LogP contribution >= 0.6 is 11.3 Å². The molecule has 3 aromatic rings. The van der Waals surface area contributed by atoms with Crippen molar-refractivity contribution >= 4 is 11.3 Å². The van der Waals surface area contributed by atoms with E-state index >= 15 is 0 Å². The van der Waals surface area contributed by atoms with Gasteiger partial charge in [0.05, 0.1) is 5.69 Å². The Balaban J connectivity index is 0.00000117. The topological polar surface area (TPSA) is 22.1 Å². The van der Waals surface area contributed by atoms with Gasteiger partial charge < -0.3 is 4.74 Å². The average molecular weight is 379 g/mol. The third-order valence-electron chi connectivity index (χ3n) is 3.50. The summed E-state index contributed by atoms with van der Waals surface area (Å²) in [5.41, 5.74) is 1.48. The Labute approximate surface area is 155 Å². The van der Waals surface area contributed by atoms with Crippen molar-refractivity contribution in [1.82, 2.24) is 4.98 Å². The van der Waals surface area contributed by atoms with Crippen molar-refractivity contribution in [2.24, 2.45) is 0 Å². The third-order valence-corrected chi connectivity index (χ3v) is 4.37. The smallest absolute Gasteiger partial charge is 0.161 e. The number of aromatic nitrogens is 1. The molecule has 6 heteroatoms. The molecule has 0 radical (unpaired) electrons. The van der Waals surface area contributed by atoms with E-state index in [2.05, 4.69) is 4.98 Å².